The standard InChI is InChI=1S/C15H14N2O3S/c1-9-13(21-8-16-9)14(18)17-7-6-11(15(19)20)10-4-2-3-5-12(10)17/h2-5,8,11H,6-7H2,1H3,(H,19,20). The number of fused-ring (bicyclic) bond motifs is 1. The maximum absolute atomic E-state index is 12.7. The van der Waals surface area contributed by atoms with Gasteiger partial charge in [0.2, 0.25) is 0 Å². The zero-order valence-electron chi connectivity index (χ0n) is 11.4. The highest BCUT2D eigenvalue weighted by atomic mass is 32.1. The topological polar surface area (TPSA) is 70.5 Å². The molecule has 1 N–H and O–H groups in total. The summed E-state index contributed by atoms with van der Waals surface area (Å²) < 4.78 is 0. The third kappa shape index (κ3) is 2.31. The van der Waals surface area contributed by atoms with Crippen LogP contribution in [0.2, 0.25) is 0 Å². The van der Waals surface area contributed by atoms with Crippen LogP contribution in [0.25, 0.3) is 0 Å². The lowest BCUT2D eigenvalue weighted by Crippen LogP contribution is -2.38. The Labute approximate surface area is 125 Å². The molecule has 1 unspecified atom stereocenters. The molecule has 0 saturated carbocycles. The molecule has 5 nitrogen and oxygen atoms in total. The molecule has 0 saturated heterocycles. The van der Waals surface area contributed by atoms with E-state index in [2.05, 4.69) is 4.98 Å². The van der Waals surface area contributed by atoms with Crippen LogP contribution in [0.1, 0.15) is 33.3 Å². The number of carboxylic acids is 1. The first-order chi connectivity index (χ1) is 10.1. The van der Waals surface area contributed by atoms with E-state index in [4.69, 9.17) is 0 Å². The van der Waals surface area contributed by atoms with Crippen LogP contribution in [0.3, 0.4) is 0 Å². The van der Waals surface area contributed by atoms with Gasteiger partial charge in [0.1, 0.15) is 4.88 Å². The van der Waals surface area contributed by atoms with Crippen molar-refractivity contribution < 1.29 is 14.7 Å². The predicted molar refractivity (Wildman–Crippen MR) is 80.0 cm³/mol. The average Bonchev–Trinajstić information content (AvgIpc) is 2.91. The Morgan fingerprint density at radius 2 is 2.14 bits per heavy atom. The summed E-state index contributed by atoms with van der Waals surface area (Å²) in [5.74, 6) is -1.50. The van der Waals surface area contributed by atoms with Gasteiger partial charge in [-0.2, -0.15) is 0 Å². The van der Waals surface area contributed by atoms with E-state index in [1.54, 1.807) is 35.5 Å². The SMILES string of the molecule is Cc1ncsc1C(=O)N1CCC(C(=O)O)c2ccccc21. The number of rotatable bonds is 2. The number of aromatic nitrogens is 1. The largest absolute Gasteiger partial charge is 0.481 e. The van der Waals surface area contributed by atoms with E-state index < -0.39 is 11.9 Å². The molecule has 0 fully saturated rings. The number of carbonyl (C=O) groups is 2. The van der Waals surface area contributed by atoms with Crippen molar-refractivity contribution in [2.45, 2.75) is 19.3 Å². The van der Waals surface area contributed by atoms with Gasteiger partial charge in [-0.25, -0.2) is 4.98 Å². The predicted octanol–water partition coefficient (Wildman–Crippen LogP) is 2.67. The number of aryl methyl sites for hydroxylation is 1. The van der Waals surface area contributed by atoms with Crippen molar-refractivity contribution in [3.8, 4) is 0 Å². The molecule has 3 rings (SSSR count). The first-order valence-electron chi connectivity index (χ1n) is 6.63. The number of hydrogen-bond donors (Lipinski definition) is 1. The van der Waals surface area contributed by atoms with E-state index in [-0.39, 0.29) is 5.91 Å². The van der Waals surface area contributed by atoms with Crippen LogP contribution in [0.4, 0.5) is 5.69 Å². The number of para-hydroxylation sites is 1. The van der Waals surface area contributed by atoms with Gasteiger partial charge in [-0.15, -0.1) is 11.3 Å². The number of benzene rings is 1. The number of carbonyl (C=O) groups excluding carboxylic acids is 1. The average molecular weight is 302 g/mol. The van der Waals surface area contributed by atoms with Gasteiger partial charge in [0.25, 0.3) is 5.91 Å². The Kier molecular flexibility index (Phi) is 3.47. The van der Waals surface area contributed by atoms with Gasteiger partial charge in [0, 0.05) is 12.2 Å². The highest BCUT2D eigenvalue weighted by Crippen LogP contribution is 2.36. The summed E-state index contributed by atoms with van der Waals surface area (Å²) in [6.07, 6.45) is 0.427. The highest BCUT2D eigenvalue weighted by Gasteiger charge is 2.33. The maximum Gasteiger partial charge on any atom is 0.311 e. The molecule has 1 atom stereocenters. The summed E-state index contributed by atoms with van der Waals surface area (Å²) in [5.41, 5.74) is 3.75. The molecule has 1 amide bonds. The molecular weight excluding hydrogens is 288 g/mol. The molecule has 0 radical (unpaired) electrons. The first-order valence-corrected chi connectivity index (χ1v) is 7.51. The second kappa shape index (κ2) is 5.29. The van der Waals surface area contributed by atoms with Gasteiger partial charge in [-0.3, -0.25) is 9.59 Å². The molecule has 2 aromatic rings. The molecule has 1 aromatic carbocycles. The van der Waals surface area contributed by atoms with Crippen molar-refractivity contribution in [2.24, 2.45) is 0 Å². The monoisotopic (exact) mass is 302 g/mol. The first kappa shape index (κ1) is 13.8. The Balaban J connectivity index is 2.02. The van der Waals surface area contributed by atoms with Gasteiger partial charge in [0.15, 0.2) is 0 Å². The number of anilines is 1. The quantitative estimate of drug-likeness (QED) is 0.926. The highest BCUT2D eigenvalue weighted by molar-refractivity contribution is 7.12. The molecule has 2 heterocycles. The van der Waals surface area contributed by atoms with Crippen molar-refractivity contribution in [3.05, 3.63) is 45.9 Å². The van der Waals surface area contributed by atoms with Crippen molar-refractivity contribution in [2.75, 3.05) is 11.4 Å². The van der Waals surface area contributed by atoms with Crippen LogP contribution in [0.15, 0.2) is 29.8 Å². The lowest BCUT2D eigenvalue weighted by Gasteiger charge is -2.32. The van der Waals surface area contributed by atoms with Gasteiger partial charge in [-0.05, 0) is 25.0 Å². The molecule has 21 heavy (non-hydrogen) atoms. The van der Waals surface area contributed by atoms with Gasteiger partial charge >= 0.3 is 5.97 Å². The zero-order chi connectivity index (χ0) is 15.0. The number of hydrogen-bond acceptors (Lipinski definition) is 4. The number of carboxylic acid groups (broad SMARTS) is 1. The van der Waals surface area contributed by atoms with Crippen molar-refractivity contribution in [3.63, 3.8) is 0 Å². The molecule has 0 bridgehead atoms. The van der Waals surface area contributed by atoms with Gasteiger partial charge in [-0.1, -0.05) is 18.2 Å². The van der Waals surface area contributed by atoms with Crippen LogP contribution < -0.4 is 4.90 Å². The minimum atomic E-state index is -0.844. The normalized spacial score (nSPS) is 17.4. The molecule has 108 valence electrons. The Morgan fingerprint density at radius 1 is 1.38 bits per heavy atom. The second-order valence-corrected chi connectivity index (χ2v) is 5.82. The Hall–Kier alpha value is -2.21. The summed E-state index contributed by atoms with van der Waals surface area (Å²) in [7, 11) is 0. The summed E-state index contributed by atoms with van der Waals surface area (Å²) in [6, 6.07) is 7.22. The fourth-order valence-electron chi connectivity index (χ4n) is 2.66. The van der Waals surface area contributed by atoms with Gasteiger partial charge < -0.3 is 10.0 Å². The Bertz CT molecular complexity index is 710. The molecule has 6 heteroatoms. The number of thiazole rings is 1. The Morgan fingerprint density at radius 3 is 2.81 bits per heavy atom. The summed E-state index contributed by atoms with van der Waals surface area (Å²) in [5, 5.41) is 9.33. The summed E-state index contributed by atoms with van der Waals surface area (Å²) in [6.45, 7) is 2.21. The lowest BCUT2D eigenvalue weighted by molar-refractivity contribution is -0.139. The van der Waals surface area contributed by atoms with E-state index in [1.807, 2.05) is 6.07 Å². The van der Waals surface area contributed by atoms with Crippen LogP contribution in [0, 0.1) is 6.92 Å². The summed E-state index contributed by atoms with van der Waals surface area (Å²) in [4.78, 5) is 30.4. The number of nitrogens with zero attached hydrogens (tertiary/aromatic N) is 2. The van der Waals surface area contributed by atoms with E-state index in [0.717, 1.165) is 0 Å². The van der Waals surface area contributed by atoms with Gasteiger partial charge in [0.05, 0.1) is 17.1 Å². The molecule has 1 aliphatic rings. The molecule has 1 aromatic heterocycles. The van der Waals surface area contributed by atoms with Crippen molar-refractivity contribution in [1.29, 1.82) is 0 Å². The van der Waals surface area contributed by atoms with Crippen LogP contribution in [-0.2, 0) is 4.79 Å². The maximum atomic E-state index is 12.7. The molecule has 1 aliphatic heterocycles. The fourth-order valence-corrected chi connectivity index (χ4v) is 3.41. The van der Waals surface area contributed by atoms with E-state index in [1.165, 1.54) is 11.3 Å². The molecule has 0 aliphatic carbocycles. The smallest absolute Gasteiger partial charge is 0.311 e. The van der Waals surface area contributed by atoms with Crippen LogP contribution >= 0.6 is 11.3 Å². The van der Waals surface area contributed by atoms with Crippen molar-refractivity contribution >= 4 is 28.9 Å². The number of amides is 1. The zero-order valence-corrected chi connectivity index (χ0v) is 12.3. The third-order valence-electron chi connectivity index (χ3n) is 3.73. The number of aliphatic carboxylic acids is 1. The van der Waals surface area contributed by atoms with E-state index in [0.29, 0.717) is 34.8 Å². The molecule has 0 spiro atoms. The lowest BCUT2D eigenvalue weighted by atomic mass is 9.90. The van der Waals surface area contributed by atoms with Crippen molar-refractivity contribution in [1.82, 2.24) is 4.98 Å². The fraction of sp³-hybridized carbons (Fsp3) is 0.267. The van der Waals surface area contributed by atoms with E-state index in [9.17, 15) is 14.7 Å². The van der Waals surface area contributed by atoms with Crippen LogP contribution in [0.5, 0.6) is 0 Å². The second-order valence-electron chi connectivity index (χ2n) is 4.96. The van der Waals surface area contributed by atoms with E-state index >= 15 is 0 Å². The summed E-state index contributed by atoms with van der Waals surface area (Å²) >= 11 is 1.31. The molecular formula is C15H14N2O3S. The third-order valence-corrected chi connectivity index (χ3v) is 4.64. The minimum Gasteiger partial charge on any atom is -0.481 e. The minimum absolute atomic E-state index is 0.105. The van der Waals surface area contributed by atoms with Crippen LogP contribution in [-0.4, -0.2) is 28.5 Å².